The Hall–Kier alpha value is -0.0400. The average molecular weight is 333 g/mol. The Morgan fingerprint density at radius 1 is 0.875 bits per heavy atom. The average Bonchev–Trinajstić information content (AvgIpc) is 2.86. The van der Waals surface area contributed by atoms with Crippen LogP contribution in [0.5, 0.6) is 0 Å². The van der Waals surface area contributed by atoms with Crippen molar-refractivity contribution in [1.82, 2.24) is 0 Å². The van der Waals surface area contributed by atoms with E-state index in [1.165, 1.54) is 51.4 Å². The van der Waals surface area contributed by atoms with E-state index in [0.29, 0.717) is 16.7 Å². The van der Waals surface area contributed by atoms with Crippen molar-refractivity contribution in [2.75, 3.05) is 0 Å². The molecule has 4 fully saturated rings. The fourth-order valence-corrected chi connectivity index (χ4v) is 8.68. The molecule has 0 bridgehead atoms. The van der Waals surface area contributed by atoms with Gasteiger partial charge in [0.2, 0.25) is 0 Å². The molecule has 1 heteroatoms. The molecule has 0 aromatic rings. The van der Waals surface area contributed by atoms with E-state index in [1.54, 1.807) is 0 Å². The zero-order valence-electron chi connectivity index (χ0n) is 16.7. The van der Waals surface area contributed by atoms with Crippen molar-refractivity contribution in [2.45, 2.75) is 92.1 Å². The Balaban J connectivity index is 1.65. The fourth-order valence-electron chi connectivity index (χ4n) is 8.68. The monoisotopic (exact) mass is 332 g/mol. The van der Waals surface area contributed by atoms with Crippen molar-refractivity contribution < 1.29 is 5.11 Å². The molecule has 4 aliphatic rings. The maximum atomic E-state index is 10.4. The van der Waals surface area contributed by atoms with Gasteiger partial charge in [-0.1, -0.05) is 34.1 Å². The largest absolute Gasteiger partial charge is 0.393 e. The van der Waals surface area contributed by atoms with Crippen LogP contribution in [0.15, 0.2) is 0 Å². The summed E-state index contributed by atoms with van der Waals surface area (Å²) in [7, 11) is 0. The summed E-state index contributed by atoms with van der Waals surface area (Å²) in [5.41, 5.74) is 1.03. The van der Waals surface area contributed by atoms with Gasteiger partial charge in [-0.05, 0) is 104 Å². The summed E-state index contributed by atoms with van der Waals surface area (Å²) in [5.74, 6) is 6.15. The van der Waals surface area contributed by atoms with Gasteiger partial charge in [0.25, 0.3) is 0 Å². The lowest BCUT2D eigenvalue weighted by Crippen LogP contribution is -2.56. The van der Waals surface area contributed by atoms with E-state index in [1.807, 2.05) is 0 Å². The van der Waals surface area contributed by atoms with Gasteiger partial charge in [0.05, 0.1) is 6.10 Å². The second-order valence-corrected chi connectivity index (χ2v) is 11.1. The Kier molecular flexibility index (Phi) is 4.15. The predicted molar refractivity (Wildman–Crippen MR) is 101 cm³/mol. The van der Waals surface area contributed by atoms with Gasteiger partial charge < -0.3 is 5.11 Å². The number of hydrogen-bond donors (Lipinski definition) is 1. The predicted octanol–water partition coefficient (Wildman–Crippen LogP) is 5.91. The summed E-state index contributed by atoms with van der Waals surface area (Å²) in [6, 6.07) is 0. The highest BCUT2D eigenvalue weighted by Gasteiger charge is 2.62. The van der Waals surface area contributed by atoms with Crippen LogP contribution in [-0.4, -0.2) is 11.2 Å². The van der Waals surface area contributed by atoms with Gasteiger partial charge in [0.1, 0.15) is 0 Å². The summed E-state index contributed by atoms with van der Waals surface area (Å²) in [5, 5.41) is 10.4. The van der Waals surface area contributed by atoms with Crippen LogP contribution < -0.4 is 0 Å². The minimum Gasteiger partial charge on any atom is -0.393 e. The molecule has 0 aromatic carbocycles. The van der Waals surface area contributed by atoms with Crippen molar-refractivity contribution in [3.63, 3.8) is 0 Å². The van der Waals surface area contributed by atoms with E-state index in [2.05, 4.69) is 34.6 Å². The van der Waals surface area contributed by atoms with Gasteiger partial charge in [0.15, 0.2) is 0 Å². The van der Waals surface area contributed by atoms with Crippen molar-refractivity contribution in [1.29, 1.82) is 0 Å². The Bertz CT molecular complexity index is 484. The quantitative estimate of drug-likeness (QED) is 0.633. The standard InChI is InChI=1S/C23H40O/c1-14-8-10-22(4)17(12-14)13-15(2)21-19-7-6-18(16(3)24)23(19,5)11-9-20(21)22/h14-21,24H,6-13H2,1-5H3. The van der Waals surface area contributed by atoms with Gasteiger partial charge in [-0.3, -0.25) is 0 Å². The molecular weight excluding hydrogens is 292 g/mol. The van der Waals surface area contributed by atoms with Crippen LogP contribution in [0.1, 0.15) is 86.0 Å². The molecule has 4 saturated carbocycles. The van der Waals surface area contributed by atoms with E-state index >= 15 is 0 Å². The second kappa shape index (κ2) is 5.73. The SMILES string of the molecule is CC1CCC2(C)C(C1)CC(C)C1C2CCC2(C)C(C(C)O)CCC12. The number of hydrogen-bond acceptors (Lipinski definition) is 1. The minimum atomic E-state index is -0.116. The van der Waals surface area contributed by atoms with Crippen LogP contribution in [0, 0.1) is 52.3 Å². The first-order valence-electron chi connectivity index (χ1n) is 11.0. The van der Waals surface area contributed by atoms with Crippen molar-refractivity contribution in [3.8, 4) is 0 Å². The lowest BCUT2D eigenvalue weighted by atomic mass is 9.42. The number of aliphatic hydroxyl groups is 1. The lowest BCUT2D eigenvalue weighted by Gasteiger charge is -2.63. The van der Waals surface area contributed by atoms with E-state index in [9.17, 15) is 5.11 Å². The van der Waals surface area contributed by atoms with Crippen LogP contribution in [0.4, 0.5) is 0 Å². The molecule has 0 aromatic heterocycles. The molecule has 4 aliphatic carbocycles. The third kappa shape index (κ3) is 2.29. The van der Waals surface area contributed by atoms with Crippen LogP contribution >= 0.6 is 0 Å². The third-order valence-corrected chi connectivity index (χ3v) is 9.94. The van der Waals surface area contributed by atoms with E-state index in [4.69, 9.17) is 0 Å². The maximum Gasteiger partial charge on any atom is 0.0545 e. The van der Waals surface area contributed by atoms with Gasteiger partial charge in [-0.15, -0.1) is 0 Å². The lowest BCUT2D eigenvalue weighted by molar-refractivity contribution is -0.145. The second-order valence-electron chi connectivity index (χ2n) is 11.1. The molecule has 0 radical (unpaired) electrons. The zero-order valence-corrected chi connectivity index (χ0v) is 16.7. The molecule has 0 heterocycles. The van der Waals surface area contributed by atoms with Crippen LogP contribution in [0.2, 0.25) is 0 Å². The fraction of sp³-hybridized carbons (Fsp3) is 1.00. The van der Waals surface area contributed by atoms with Gasteiger partial charge in [-0.25, -0.2) is 0 Å². The van der Waals surface area contributed by atoms with Gasteiger partial charge in [-0.2, -0.15) is 0 Å². The molecule has 138 valence electrons. The minimum absolute atomic E-state index is 0.116. The molecule has 0 saturated heterocycles. The van der Waals surface area contributed by atoms with E-state index in [-0.39, 0.29) is 6.10 Å². The van der Waals surface area contributed by atoms with E-state index in [0.717, 1.165) is 35.5 Å². The van der Waals surface area contributed by atoms with E-state index < -0.39 is 0 Å². The molecule has 1 N–H and O–H groups in total. The molecule has 0 spiro atoms. The summed E-state index contributed by atoms with van der Waals surface area (Å²) < 4.78 is 0. The molecule has 24 heavy (non-hydrogen) atoms. The van der Waals surface area contributed by atoms with Crippen LogP contribution in [-0.2, 0) is 0 Å². The van der Waals surface area contributed by atoms with Gasteiger partial charge in [0, 0.05) is 0 Å². The first kappa shape index (κ1) is 17.4. The Morgan fingerprint density at radius 2 is 1.54 bits per heavy atom. The number of fused-ring (bicyclic) bond motifs is 5. The molecule has 10 atom stereocenters. The topological polar surface area (TPSA) is 20.2 Å². The molecule has 0 amide bonds. The van der Waals surface area contributed by atoms with Crippen LogP contribution in [0.25, 0.3) is 0 Å². The Labute approximate surface area is 150 Å². The van der Waals surface area contributed by atoms with Gasteiger partial charge >= 0.3 is 0 Å². The van der Waals surface area contributed by atoms with Crippen molar-refractivity contribution in [3.05, 3.63) is 0 Å². The molecular formula is C23H40O. The van der Waals surface area contributed by atoms with Crippen molar-refractivity contribution >= 4 is 0 Å². The molecule has 10 unspecified atom stereocenters. The third-order valence-electron chi connectivity index (χ3n) is 9.94. The summed E-state index contributed by atoms with van der Waals surface area (Å²) >= 11 is 0. The highest BCUT2D eigenvalue weighted by molar-refractivity contribution is 5.10. The summed E-state index contributed by atoms with van der Waals surface area (Å²) in [4.78, 5) is 0. The summed E-state index contributed by atoms with van der Waals surface area (Å²) in [6.45, 7) is 12.3. The Morgan fingerprint density at radius 3 is 2.25 bits per heavy atom. The maximum absolute atomic E-state index is 10.4. The molecule has 1 nitrogen and oxygen atoms in total. The van der Waals surface area contributed by atoms with Crippen LogP contribution in [0.3, 0.4) is 0 Å². The highest BCUT2D eigenvalue weighted by Crippen LogP contribution is 2.69. The molecule has 0 aliphatic heterocycles. The number of aliphatic hydroxyl groups excluding tert-OH is 1. The molecule has 4 rings (SSSR count). The first-order chi connectivity index (χ1) is 11.3. The highest BCUT2D eigenvalue weighted by atomic mass is 16.3. The normalized spacial score (nSPS) is 58.5. The zero-order chi connectivity index (χ0) is 17.3. The first-order valence-corrected chi connectivity index (χ1v) is 11.0. The number of rotatable bonds is 1. The summed E-state index contributed by atoms with van der Waals surface area (Å²) in [6.07, 6.45) is 11.3. The smallest absolute Gasteiger partial charge is 0.0545 e. The van der Waals surface area contributed by atoms with Crippen molar-refractivity contribution in [2.24, 2.45) is 52.3 Å².